The first-order chi connectivity index (χ1) is 10.2. The van der Waals surface area contributed by atoms with E-state index in [2.05, 4.69) is 15.1 Å². The van der Waals surface area contributed by atoms with Gasteiger partial charge in [-0.3, -0.25) is 0 Å². The number of rotatable bonds is 4. The number of ether oxygens (including phenoxy) is 1. The van der Waals surface area contributed by atoms with E-state index in [1.54, 1.807) is 12.3 Å². The Labute approximate surface area is 120 Å². The smallest absolute Gasteiger partial charge is 0.223 e. The van der Waals surface area contributed by atoms with E-state index in [1.807, 2.05) is 19.1 Å². The molecule has 0 unspecified atom stereocenters. The highest BCUT2D eigenvalue weighted by molar-refractivity contribution is 5.55. The third kappa shape index (κ3) is 1.89. The van der Waals surface area contributed by atoms with Crippen molar-refractivity contribution in [1.82, 2.24) is 19.6 Å². The van der Waals surface area contributed by atoms with Crippen LogP contribution in [0.25, 0.3) is 17.2 Å². The van der Waals surface area contributed by atoms with Gasteiger partial charge in [0.25, 0.3) is 0 Å². The van der Waals surface area contributed by atoms with Crippen LogP contribution in [0.5, 0.6) is 0 Å². The van der Waals surface area contributed by atoms with Gasteiger partial charge < -0.3 is 14.9 Å². The van der Waals surface area contributed by atoms with Gasteiger partial charge in [-0.25, -0.2) is 9.97 Å². The van der Waals surface area contributed by atoms with Gasteiger partial charge in [0, 0.05) is 12.7 Å². The Hall–Kier alpha value is -2.41. The largest absolute Gasteiger partial charge is 0.461 e. The van der Waals surface area contributed by atoms with Crippen LogP contribution < -0.4 is 5.73 Å². The summed E-state index contributed by atoms with van der Waals surface area (Å²) in [6, 6.07) is 5.49. The van der Waals surface area contributed by atoms with Gasteiger partial charge in [0.1, 0.15) is 5.60 Å². The molecule has 0 aliphatic heterocycles. The Morgan fingerprint density at radius 2 is 2.29 bits per heavy atom. The minimum absolute atomic E-state index is 0.290. The summed E-state index contributed by atoms with van der Waals surface area (Å²) in [5.41, 5.74) is 7.19. The van der Waals surface area contributed by atoms with Crippen LogP contribution >= 0.6 is 0 Å². The lowest BCUT2D eigenvalue weighted by molar-refractivity contribution is 0.0364. The fourth-order valence-corrected chi connectivity index (χ4v) is 2.52. The van der Waals surface area contributed by atoms with E-state index in [1.165, 1.54) is 4.52 Å². The van der Waals surface area contributed by atoms with E-state index < -0.39 is 0 Å². The molecule has 3 aromatic heterocycles. The first-order valence-corrected chi connectivity index (χ1v) is 6.93. The van der Waals surface area contributed by atoms with Gasteiger partial charge in [-0.2, -0.15) is 4.52 Å². The normalized spacial score (nSPS) is 16.4. The Bertz CT molecular complexity index is 789. The Morgan fingerprint density at radius 1 is 1.43 bits per heavy atom. The van der Waals surface area contributed by atoms with Crippen LogP contribution in [0, 0.1) is 0 Å². The van der Waals surface area contributed by atoms with E-state index >= 15 is 0 Å². The average Bonchev–Trinajstić information content (AvgIpc) is 2.93. The molecule has 0 saturated heterocycles. The molecule has 0 atom stereocenters. The average molecular weight is 285 g/mol. The van der Waals surface area contributed by atoms with Crippen molar-refractivity contribution < 1.29 is 9.15 Å². The maximum Gasteiger partial charge on any atom is 0.223 e. The molecule has 3 heterocycles. The van der Waals surface area contributed by atoms with Crippen molar-refractivity contribution in [3.63, 3.8) is 0 Å². The van der Waals surface area contributed by atoms with Crippen molar-refractivity contribution in [2.24, 2.45) is 0 Å². The fraction of sp³-hybridized carbons (Fsp3) is 0.357. The summed E-state index contributed by atoms with van der Waals surface area (Å²) in [5.74, 6) is 1.40. The molecular formula is C14H15N5O2. The van der Waals surface area contributed by atoms with Crippen molar-refractivity contribution in [2.75, 3.05) is 12.3 Å². The summed E-state index contributed by atoms with van der Waals surface area (Å²) in [7, 11) is 0. The predicted octanol–water partition coefficient (Wildman–Crippen LogP) is 1.99. The van der Waals surface area contributed by atoms with Crippen LogP contribution in [-0.4, -0.2) is 26.2 Å². The number of anilines is 1. The van der Waals surface area contributed by atoms with E-state index in [0.29, 0.717) is 29.8 Å². The van der Waals surface area contributed by atoms with Gasteiger partial charge in [-0.1, -0.05) is 0 Å². The summed E-state index contributed by atoms with van der Waals surface area (Å²) in [4.78, 5) is 8.89. The topological polar surface area (TPSA) is 91.5 Å². The van der Waals surface area contributed by atoms with Crippen molar-refractivity contribution in [3.8, 4) is 11.6 Å². The minimum atomic E-state index is -0.290. The van der Waals surface area contributed by atoms with Crippen LogP contribution in [-0.2, 0) is 10.3 Å². The van der Waals surface area contributed by atoms with Crippen molar-refractivity contribution >= 4 is 11.6 Å². The first-order valence-electron chi connectivity index (χ1n) is 6.93. The highest BCUT2D eigenvalue weighted by atomic mass is 16.5. The highest BCUT2D eigenvalue weighted by Crippen LogP contribution is 2.48. The van der Waals surface area contributed by atoms with Gasteiger partial charge in [0.05, 0.1) is 12.0 Å². The lowest BCUT2D eigenvalue weighted by Gasteiger charge is -2.15. The zero-order chi connectivity index (χ0) is 14.4. The summed E-state index contributed by atoms with van der Waals surface area (Å²) in [6.07, 6.45) is 3.51. The van der Waals surface area contributed by atoms with Crippen molar-refractivity contribution in [2.45, 2.75) is 25.4 Å². The third-order valence-corrected chi connectivity index (χ3v) is 3.68. The molecule has 1 aliphatic rings. The molecule has 0 spiro atoms. The number of aromatic nitrogens is 4. The zero-order valence-electron chi connectivity index (χ0n) is 11.6. The quantitative estimate of drug-likeness (QED) is 0.788. The lowest BCUT2D eigenvalue weighted by Crippen LogP contribution is -2.16. The van der Waals surface area contributed by atoms with E-state index in [9.17, 15) is 0 Å². The van der Waals surface area contributed by atoms with Crippen LogP contribution in [0.2, 0.25) is 0 Å². The second-order valence-electron chi connectivity index (χ2n) is 5.11. The van der Waals surface area contributed by atoms with Gasteiger partial charge >= 0.3 is 0 Å². The Kier molecular flexibility index (Phi) is 2.52. The van der Waals surface area contributed by atoms with Gasteiger partial charge in [0.2, 0.25) is 11.8 Å². The fourth-order valence-electron chi connectivity index (χ4n) is 2.52. The molecule has 1 aliphatic carbocycles. The number of nitrogen functional groups attached to an aromatic ring is 1. The zero-order valence-corrected chi connectivity index (χ0v) is 11.6. The minimum Gasteiger partial charge on any atom is -0.461 e. The molecule has 1 fully saturated rings. The van der Waals surface area contributed by atoms with E-state index in [0.717, 1.165) is 18.5 Å². The molecule has 0 amide bonds. The standard InChI is InChI=1S/C14H15N5O2/c1-2-21-14(5-6-14)10-8-11-17-12(9-4-3-7-20-9)18-19(11)13(15)16-10/h3-4,7-8H,2,5-6H2,1H3,(H2,15,16). The monoisotopic (exact) mass is 285 g/mol. The number of nitrogens with two attached hydrogens (primary N) is 1. The maximum absolute atomic E-state index is 6.01. The molecule has 0 bridgehead atoms. The molecule has 4 rings (SSSR count). The van der Waals surface area contributed by atoms with Crippen molar-refractivity contribution in [1.29, 1.82) is 0 Å². The second kappa shape index (κ2) is 4.29. The number of hydrogen-bond donors (Lipinski definition) is 1. The van der Waals surface area contributed by atoms with E-state index in [4.69, 9.17) is 14.9 Å². The molecule has 1 saturated carbocycles. The van der Waals surface area contributed by atoms with Gasteiger partial charge in [0.15, 0.2) is 11.4 Å². The molecule has 7 nitrogen and oxygen atoms in total. The second-order valence-corrected chi connectivity index (χ2v) is 5.11. The molecule has 108 valence electrons. The molecule has 7 heteroatoms. The SMILES string of the molecule is CCOC1(c2cc3nc(-c4ccco4)nn3c(N)n2)CC1. The summed E-state index contributed by atoms with van der Waals surface area (Å²) in [5, 5.41) is 4.33. The summed E-state index contributed by atoms with van der Waals surface area (Å²) < 4.78 is 12.6. The van der Waals surface area contributed by atoms with E-state index in [-0.39, 0.29) is 5.60 Å². The number of furan rings is 1. The highest BCUT2D eigenvalue weighted by Gasteiger charge is 2.47. The Balaban J connectivity index is 1.83. The Morgan fingerprint density at radius 3 is 2.95 bits per heavy atom. The number of hydrogen-bond acceptors (Lipinski definition) is 6. The third-order valence-electron chi connectivity index (χ3n) is 3.68. The summed E-state index contributed by atoms with van der Waals surface area (Å²) in [6.45, 7) is 2.63. The number of fused-ring (bicyclic) bond motifs is 1. The molecule has 3 aromatic rings. The van der Waals surface area contributed by atoms with Crippen LogP contribution in [0.4, 0.5) is 5.95 Å². The summed E-state index contributed by atoms with van der Waals surface area (Å²) >= 11 is 0. The van der Waals surface area contributed by atoms with Gasteiger partial charge in [-0.05, 0) is 31.9 Å². The predicted molar refractivity (Wildman–Crippen MR) is 75.4 cm³/mol. The lowest BCUT2D eigenvalue weighted by atomic mass is 10.2. The molecular weight excluding hydrogens is 270 g/mol. The molecule has 0 aromatic carbocycles. The maximum atomic E-state index is 6.01. The van der Waals surface area contributed by atoms with Gasteiger partial charge in [-0.15, -0.1) is 5.10 Å². The van der Waals surface area contributed by atoms with Crippen molar-refractivity contribution in [3.05, 3.63) is 30.2 Å². The first kappa shape index (κ1) is 12.3. The molecule has 2 N–H and O–H groups in total. The van der Waals surface area contributed by atoms with Crippen LogP contribution in [0.1, 0.15) is 25.5 Å². The molecule has 0 radical (unpaired) electrons. The number of nitrogens with zero attached hydrogens (tertiary/aromatic N) is 4. The van der Waals surface area contributed by atoms with Crippen LogP contribution in [0.15, 0.2) is 28.9 Å². The van der Waals surface area contributed by atoms with Crippen LogP contribution in [0.3, 0.4) is 0 Å². The molecule has 21 heavy (non-hydrogen) atoms.